The van der Waals surface area contributed by atoms with Gasteiger partial charge in [-0.05, 0) is 38.1 Å². The van der Waals surface area contributed by atoms with Gasteiger partial charge in [0.1, 0.15) is 6.61 Å². The quantitative estimate of drug-likeness (QED) is 0.802. The molecular weight excluding hydrogens is 216 g/mol. The number of piperidine rings is 2. The molecule has 0 unspecified atom stereocenters. The second kappa shape index (κ2) is 6.24. The molecule has 2 aliphatic rings. The number of ether oxygens (including phenoxy) is 1. The van der Waals surface area contributed by atoms with Gasteiger partial charge in [0.15, 0.2) is 0 Å². The normalized spacial score (nSPS) is 30.1. The van der Waals surface area contributed by atoms with Crippen molar-refractivity contribution in [1.29, 1.82) is 0 Å². The maximum Gasteiger partial charge on any atom is 0.409 e. The third-order valence-electron chi connectivity index (χ3n) is 3.74. The van der Waals surface area contributed by atoms with Crippen LogP contribution in [0.2, 0.25) is 0 Å². The lowest BCUT2D eigenvalue weighted by Gasteiger charge is -2.31. The number of carbonyl (C=O) groups is 1. The molecule has 2 rings (SSSR count). The van der Waals surface area contributed by atoms with Crippen molar-refractivity contribution >= 4 is 6.09 Å². The van der Waals surface area contributed by atoms with Crippen molar-refractivity contribution in [3.63, 3.8) is 0 Å². The summed E-state index contributed by atoms with van der Waals surface area (Å²) in [6.07, 6.45) is 5.84. The van der Waals surface area contributed by atoms with Gasteiger partial charge in [-0.15, -0.1) is 0 Å². The molecule has 4 heteroatoms. The Hall–Kier alpha value is -0.770. The summed E-state index contributed by atoms with van der Waals surface area (Å²) in [6.45, 7) is 5.51. The smallest absolute Gasteiger partial charge is 0.409 e. The second-order valence-corrected chi connectivity index (χ2v) is 5.42. The average molecular weight is 240 g/mol. The standard InChI is InChI=1S/C13H24N2O2/c1-11-5-4-8-15(9-11)13(16)17-10-12-6-2-3-7-14-12/h11-12,14H,2-10H2,1H3/t11-,12-/m1/s1. The molecule has 2 aliphatic heterocycles. The second-order valence-electron chi connectivity index (χ2n) is 5.42. The van der Waals surface area contributed by atoms with Gasteiger partial charge < -0.3 is 15.0 Å². The van der Waals surface area contributed by atoms with Gasteiger partial charge in [0.25, 0.3) is 0 Å². The molecule has 0 aromatic carbocycles. The molecule has 2 atom stereocenters. The molecule has 2 saturated heterocycles. The van der Waals surface area contributed by atoms with Crippen molar-refractivity contribution in [2.45, 2.75) is 45.1 Å². The van der Waals surface area contributed by atoms with Crippen LogP contribution in [0.15, 0.2) is 0 Å². The van der Waals surface area contributed by atoms with Crippen LogP contribution in [0.5, 0.6) is 0 Å². The van der Waals surface area contributed by atoms with Crippen LogP contribution in [0.1, 0.15) is 39.0 Å². The van der Waals surface area contributed by atoms with E-state index < -0.39 is 0 Å². The van der Waals surface area contributed by atoms with E-state index in [9.17, 15) is 4.79 Å². The van der Waals surface area contributed by atoms with Crippen LogP contribution in [0.4, 0.5) is 4.79 Å². The number of nitrogens with one attached hydrogen (secondary N) is 1. The third-order valence-corrected chi connectivity index (χ3v) is 3.74. The molecule has 0 bridgehead atoms. The SMILES string of the molecule is C[C@@H]1CCCN(C(=O)OC[C@H]2CCCCN2)C1. The van der Waals surface area contributed by atoms with Crippen LogP contribution >= 0.6 is 0 Å². The highest BCUT2D eigenvalue weighted by Gasteiger charge is 2.23. The van der Waals surface area contributed by atoms with Crippen molar-refractivity contribution in [3.8, 4) is 0 Å². The zero-order valence-electron chi connectivity index (χ0n) is 10.8. The Kier molecular flexibility index (Phi) is 4.66. The van der Waals surface area contributed by atoms with Gasteiger partial charge in [-0.25, -0.2) is 4.79 Å². The van der Waals surface area contributed by atoms with Gasteiger partial charge in [0.05, 0.1) is 0 Å². The van der Waals surface area contributed by atoms with E-state index in [4.69, 9.17) is 4.74 Å². The summed E-state index contributed by atoms with van der Waals surface area (Å²) in [5.41, 5.74) is 0. The van der Waals surface area contributed by atoms with Gasteiger partial charge in [-0.1, -0.05) is 13.3 Å². The van der Waals surface area contributed by atoms with Gasteiger partial charge in [-0.3, -0.25) is 0 Å². The highest BCUT2D eigenvalue weighted by molar-refractivity contribution is 5.67. The van der Waals surface area contributed by atoms with Crippen molar-refractivity contribution in [2.24, 2.45) is 5.92 Å². The monoisotopic (exact) mass is 240 g/mol. The van der Waals surface area contributed by atoms with E-state index >= 15 is 0 Å². The fraction of sp³-hybridized carbons (Fsp3) is 0.923. The Morgan fingerprint density at radius 3 is 2.94 bits per heavy atom. The minimum atomic E-state index is -0.121. The minimum absolute atomic E-state index is 0.121. The van der Waals surface area contributed by atoms with Crippen LogP contribution in [-0.2, 0) is 4.74 Å². The van der Waals surface area contributed by atoms with Gasteiger partial charge >= 0.3 is 6.09 Å². The van der Waals surface area contributed by atoms with Gasteiger partial charge in [0.2, 0.25) is 0 Å². The van der Waals surface area contributed by atoms with E-state index in [1.807, 2.05) is 4.90 Å². The highest BCUT2D eigenvalue weighted by atomic mass is 16.6. The fourth-order valence-corrected chi connectivity index (χ4v) is 2.68. The van der Waals surface area contributed by atoms with Gasteiger partial charge in [-0.2, -0.15) is 0 Å². The lowest BCUT2D eigenvalue weighted by atomic mass is 10.0. The first kappa shape index (κ1) is 12.7. The first-order valence-corrected chi connectivity index (χ1v) is 6.91. The maximum absolute atomic E-state index is 11.9. The number of hydrogen-bond acceptors (Lipinski definition) is 3. The Morgan fingerprint density at radius 2 is 2.24 bits per heavy atom. The molecule has 17 heavy (non-hydrogen) atoms. The average Bonchev–Trinajstić information content (AvgIpc) is 2.37. The zero-order valence-corrected chi connectivity index (χ0v) is 10.8. The van der Waals surface area contributed by atoms with Crippen molar-refractivity contribution in [3.05, 3.63) is 0 Å². The first-order valence-electron chi connectivity index (χ1n) is 6.91. The Bertz CT molecular complexity index is 252. The summed E-state index contributed by atoms with van der Waals surface area (Å²) >= 11 is 0. The predicted molar refractivity (Wildman–Crippen MR) is 67.0 cm³/mol. The van der Waals surface area contributed by atoms with E-state index in [-0.39, 0.29) is 6.09 Å². The predicted octanol–water partition coefficient (Wildman–Crippen LogP) is 2.00. The Balaban J connectivity index is 1.69. The number of hydrogen-bond donors (Lipinski definition) is 1. The topological polar surface area (TPSA) is 41.6 Å². The molecule has 2 heterocycles. The number of rotatable bonds is 2. The van der Waals surface area contributed by atoms with Crippen molar-refractivity contribution in [2.75, 3.05) is 26.2 Å². The van der Waals surface area contributed by atoms with E-state index in [1.165, 1.54) is 19.3 Å². The van der Waals surface area contributed by atoms with Crippen LogP contribution in [0.25, 0.3) is 0 Å². The zero-order chi connectivity index (χ0) is 12.1. The Morgan fingerprint density at radius 1 is 1.35 bits per heavy atom. The van der Waals surface area contributed by atoms with Crippen LogP contribution in [-0.4, -0.2) is 43.3 Å². The highest BCUT2D eigenvalue weighted by Crippen LogP contribution is 2.16. The molecule has 0 radical (unpaired) electrons. The molecule has 0 saturated carbocycles. The molecular formula is C13H24N2O2. The Labute approximate surface area is 104 Å². The molecule has 0 aromatic heterocycles. The molecule has 4 nitrogen and oxygen atoms in total. The van der Waals surface area contributed by atoms with Crippen molar-refractivity contribution < 1.29 is 9.53 Å². The molecule has 2 fully saturated rings. The van der Waals surface area contributed by atoms with Crippen LogP contribution < -0.4 is 5.32 Å². The summed E-state index contributed by atoms with van der Waals surface area (Å²) in [7, 11) is 0. The molecule has 1 N–H and O–H groups in total. The summed E-state index contributed by atoms with van der Waals surface area (Å²) in [6, 6.07) is 0.370. The van der Waals surface area contributed by atoms with E-state index in [2.05, 4.69) is 12.2 Å². The first-order chi connectivity index (χ1) is 8.25. The van der Waals surface area contributed by atoms with E-state index in [0.29, 0.717) is 18.6 Å². The summed E-state index contributed by atoms with van der Waals surface area (Å²) in [5.74, 6) is 0.615. The molecule has 0 aromatic rings. The molecule has 98 valence electrons. The van der Waals surface area contributed by atoms with Crippen LogP contribution in [0, 0.1) is 5.92 Å². The van der Waals surface area contributed by atoms with Crippen molar-refractivity contribution in [1.82, 2.24) is 10.2 Å². The fourth-order valence-electron chi connectivity index (χ4n) is 2.68. The van der Waals surface area contributed by atoms with Crippen LogP contribution in [0.3, 0.4) is 0 Å². The minimum Gasteiger partial charge on any atom is -0.448 e. The van der Waals surface area contributed by atoms with Gasteiger partial charge in [0, 0.05) is 19.1 Å². The van der Waals surface area contributed by atoms with E-state index in [0.717, 1.165) is 32.5 Å². The molecule has 0 spiro atoms. The largest absolute Gasteiger partial charge is 0.448 e. The number of carbonyl (C=O) groups excluding carboxylic acids is 1. The van der Waals surface area contributed by atoms with E-state index in [1.54, 1.807) is 0 Å². The number of nitrogens with zero attached hydrogens (tertiary/aromatic N) is 1. The summed E-state index contributed by atoms with van der Waals surface area (Å²) < 4.78 is 5.39. The summed E-state index contributed by atoms with van der Waals surface area (Å²) in [4.78, 5) is 13.7. The molecule has 1 amide bonds. The summed E-state index contributed by atoms with van der Waals surface area (Å²) in [5, 5.41) is 3.39. The number of likely N-dealkylation sites (tertiary alicyclic amines) is 1. The lowest BCUT2D eigenvalue weighted by Crippen LogP contribution is -2.43. The molecule has 0 aliphatic carbocycles. The lowest BCUT2D eigenvalue weighted by molar-refractivity contribution is 0.0757. The third kappa shape index (κ3) is 3.87. The maximum atomic E-state index is 11.9. The number of amides is 1.